The molecule has 1 aromatic carbocycles. The molecule has 1 N–H and O–H groups in total. The number of hydrogen-bond donors (Lipinski definition) is 1. The molecule has 7 heteroatoms. The lowest BCUT2D eigenvalue weighted by Gasteiger charge is -2.16. The van der Waals surface area contributed by atoms with Gasteiger partial charge in [-0.1, -0.05) is 29.3 Å². The quantitative estimate of drug-likeness (QED) is 0.664. The number of fused-ring (bicyclic) bond motifs is 1. The van der Waals surface area contributed by atoms with Gasteiger partial charge in [0.1, 0.15) is 16.8 Å². The Balaban J connectivity index is 1.98. The van der Waals surface area contributed by atoms with Crippen molar-refractivity contribution in [1.29, 1.82) is 0 Å². The molecule has 0 amide bonds. The fourth-order valence-corrected chi connectivity index (χ4v) is 3.28. The number of aryl methyl sites for hydroxylation is 1. The van der Waals surface area contributed by atoms with Crippen molar-refractivity contribution in [2.75, 3.05) is 11.9 Å². The molecule has 0 aliphatic heterocycles. The van der Waals surface area contributed by atoms with Crippen LogP contribution in [-0.2, 0) is 0 Å². The summed E-state index contributed by atoms with van der Waals surface area (Å²) in [7, 11) is 0. The predicted octanol–water partition coefficient (Wildman–Crippen LogP) is 4.97. The van der Waals surface area contributed by atoms with Gasteiger partial charge in [-0.25, -0.2) is 9.37 Å². The molecule has 124 valence electrons. The molecule has 0 unspecified atom stereocenters. The maximum atomic E-state index is 14.5. The van der Waals surface area contributed by atoms with Gasteiger partial charge in [-0.3, -0.25) is 0 Å². The van der Waals surface area contributed by atoms with Crippen LogP contribution in [0.3, 0.4) is 0 Å². The first kappa shape index (κ1) is 15.7. The van der Waals surface area contributed by atoms with Crippen molar-refractivity contribution in [2.45, 2.75) is 19.8 Å². The first-order valence-electron chi connectivity index (χ1n) is 7.78. The Hall–Kier alpha value is -1.85. The maximum absolute atomic E-state index is 14.5. The number of anilines is 1. The average Bonchev–Trinajstić information content (AvgIpc) is 3.30. The minimum Gasteiger partial charge on any atom is -0.369 e. The van der Waals surface area contributed by atoms with Crippen molar-refractivity contribution in [3.8, 4) is 11.1 Å². The molecule has 1 saturated carbocycles. The molecular formula is C17H15Cl2FN4. The summed E-state index contributed by atoms with van der Waals surface area (Å²) in [4.78, 5) is 4.40. The zero-order valence-electron chi connectivity index (χ0n) is 13.0. The Morgan fingerprint density at radius 2 is 2.08 bits per heavy atom. The molecule has 3 aromatic rings. The molecule has 0 spiro atoms. The van der Waals surface area contributed by atoms with Gasteiger partial charge in [0.2, 0.25) is 0 Å². The maximum Gasteiger partial charge on any atom is 0.161 e. The van der Waals surface area contributed by atoms with E-state index in [-0.39, 0.29) is 15.7 Å². The Labute approximate surface area is 148 Å². The summed E-state index contributed by atoms with van der Waals surface area (Å²) in [5, 5.41) is 8.24. The average molecular weight is 365 g/mol. The van der Waals surface area contributed by atoms with Gasteiger partial charge in [0.15, 0.2) is 5.65 Å². The number of rotatable bonds is 4. The zero-order valence-corrected chi connectivity index (χ0v) is 14.5. The molecule has 1 aliphatic carbocycles. The molecule has 4 rings (SSSR count). The molecule has 0 saturated heterocycles. The smallest absolute Gasteiger partial charge is 0.161 e. The minimum atomic E-state index is -0.441. The normalized spacial score (nSPS) is 14.3. The molecule has 1 fully saturated rings. The van der Waals surface area contributed by atoms with Crippen LogP contribution in [0.15, 0.2) is 24.4 Å². The van der Waals surface area contributed by atoms with Crippen LogP contribution in [0.5, 0.6) is 0 Å². The minimum absolute atomic E-state index is 0.205. The monoisotopic (exact) mass is 364 g/mol. The highest BCUT2D eigenvalue weighted by Gasteiger charge is 2.25. The third-order valence-electron chi connectivity index (χ3n) is 4.25. The summed E-state index contributed by atoms with van der Waals surface area (Å²) in [6.45, 7) is 2.69. The highest BCUT2D eigenvalue weighted by atomic mass is 35.5. The van der Waals surface area contributed by atoms with Gasteiger partial charge in [-0.15, -0.1) is 0 Å². The standard InChI is InChI=1S/C17H15Cl2FN4/c1-9-7-22-24-16(9)23-15(19)14(17(24)21-8-10-5-6-10)13-11(18)3-2-4-12(13)20/h2-4,7,10,21H,5-6,8H2,1H3. The first-order chi connectivity index (χ1) is 11.6. The van der Waals surface area contributed by atoms with Gasteiger partial charge in [-0.2, -0.15) is 9.61 Å². The van der Waals surface area contributed by atoms with Crippen LogP contribution in [0.4, 0.5) is 10.2 Å². The number of hydrogen-bond acceptors (Lipinski definition) is 3. The van der Waals surface area contributed by atoms with Crippen molar-refractivity contribution in [2.24, 2.45) is 5.92 Å². The van der Waals surface area contributed by atoms with E-state index < -0.39 is 5.82 Å². The van der Waals surface area contributed by atoms with Gasteiger partial charge >= 0.3 is 0 Å². The number of aromatic nitrogens is 3. The fourth-order valence-electron chi connectivity index (χ4n) is 2.76. The van der Waals surface area contributed by atoms with E-state index in [1.165, 1.54) is 18.9 Å². The fraction of sp³-hybridized carbons (Fsp3) is 0.294. The molecule has 2 heterocycles. The number of nitrogens with one attached hydrogen (secondary N) is 1. The summed E-state index contributed by atoms with van der Waals surface area (Å²) >= 11 is 12.7. The highest BCUT2D eigenvalue weighted by Crippen LogP contribution is 2.40. The van der Waals surface area contributed by atoms with Crippen LogP contribution in [0.2, 0.25) is 10.2 Å². The molecule has 2 aromatic heterocycles. The van der Waals surface area contributed by atoms with Crippen molar-refractivity contribution in [3.63, 3.8) is 0 Å². The molecule has 0 bridgehead atoms. The van der Waals surface area contributed by atoms with Crippen LogP contribution >= 0.6 is 23.2 Å². The van der Waals surface area contributed by atoms with Crippen LogP contribution in [0.1, 0.15) is 18.4 Å². The van der Waals surface area contributed by atoms with E-state index in [2.05, 4.69) is 15.4 Å². The zero-order chi connectivity index (χ0) is 16.8. The third-order valence-corrected chi connectivity index (χ3v) is 4.84. The van der Waals surface area contributed by atoms with E-state index in [0.717, 1.165) is 12.1 Å². The van der Waals surface area contributed by atoms with Crippen molar-refractivity contribution in [3.05, 3.63) is 46.0 Å². The van der Waals surface area contributed by atoms with Crippen LogP contribution in [-0.4, -0.2) is 21.1 Å². The first-order valence-corrected chi connectivity index (χ1v) is 8.54. The molecule has 0 atom stereocenters. The van der Waals surface area contributed by atoms with Crippen molar-refractivity contribution in [1.82, 2.24) is 14.6 Å². The van der Waals surface area contributed by atoms with E-state index >= 15 is 0 Å². The lowest BCUT2D eigenvalue weighted by molar-refractivity contribution is 0.631. The van der Waals surface area contributed by atoms with E-state index in [1.54, 1.807) is 22.8 Å². The SMILES string of the molecule is Cc1cnn2c(NCC3CC3)c(-c3c(F)cccc3Cl)c(Cl)nc12. The third kappa shape index (κ3) is 2.62. The summed E-state index contributed by atoms with van der Waals surface area (Å²) in [5.74, 6) is 0.813. The van der Waals surface area contributed by atoms with Crippen LogP contribution in [0, 0.1) is 18.7 Å². The van der Waals surface area contributed by atoms with Crippen molar-refractivity contribution < 1.29 is 4.39 Å². The number of halogens is 3. The number of nitrogens with zero attached hydrogens (tertiary/aromatic N) is 3. The summed E-state index contributed by atoms with van der Waals surface area (Å²) in [6.07, 6.45) is 4.11. The Morgan fingerprint density at radius 3 is 2.79 bits per heavy atom. The lowest BCUT2D eigenvalue weighted by Crippen LogP contribution is -2.11. The second-order valence-corrected chi connectivity index (χ2v) is 6.88. The topological polar surface area (TPSA) is 42.2 Å². The van der Waals surface area contributed by atoms with Gasteiger partial charge in [-0.05, 0) is 37.8 Å². The van der Waals surface area contributed by atoms with E-state index in [9.17, 15) is 4.39 Å². The summed E-state index contributed by atoms with van der Waals surface area (Å²) < 4.78 is 16.2. The van der Waals surface area contributed by atoms with Gasteiger partial charge < -0.3 is 5.32 Å². The van der Waals surface area contributed by atoms with Crippen LogP contribution < -0.4 is 5.32 Å². The Morgan fingerprint density at radius 1 is 1.29 bits per heavy atom. The molecule has 1 aliphatic rings. The predicted molar refractivity (Wildman–Crippen MR) is 94.4 cm³/mol. The van der Waals surface area contributed by atoms with E-state index in [0.29, 0.717) is 22.9 Å². The second-order valence-electron chi connectivity index (χ2n) is 6.11. The Bertz CT molecular complexity index is 914. The molecule has 4 nitrogen and oxygen atoms in total. The molecule has 0 radical (unpaired) electrons. The van der Waals surface area contributed by atoms with Gasteiger partial charge in [0.05, 0.1) is 16.8 Å². The lowest BCUT2D eigenvalue weighted by atomic mass is 10.1. The van der Waals surface area contributed by atoms with Crippen LogP contribution in [0.25, 0.3) is 16.8 Å². The highest BCUT2D eigenvalue weighted by molar-refractivity contribution is 6.36. The van der Waals surface area contributed by atoms with Gasteiger partial charge in [0.25, 0.3) is 0 Å². The Kier molecular flexibility index (Phi) is 3.85. The second kappa shape index (κ2) is 5.90. The van der Waals surface area contributed by atoms with E-state index in [4.69, 9.17) is 23.2 Å². The summed E-state index contributed by atoms with van der Waals surface area (Å²) in [6, 6.07) is 4.57. The van der Waals surface area contributed by atoms with E-state index in [1.807, 2.05) is 6.92 Å². The summed E-state index contributed by atoms with van der Waals surface area (Å²) in [5.41, 5.74) is 2.23. The molecule has 24 heavy (non-hydrogen) atoms. The molecular weight excluding hydrogens is 350 g/mol. The van der Waals surface area contributed by atoms with Crippen molar-refractivity contribution >= 4 is 34.7 Å². The largest absolute Gasteiger partial charge is 0.369 e. The number of benzene rings is 1. The van der Waals surface area contributed by atoms with Gasteiger partial charge in [0, 0.05) is 17.7 Å².